The normalized spacial score (nSPS) is 19.2. The Hall–Kier alpha value is -2.95. The molecular weight excluding hydrogens is 449 g/mol. The summed E-state index contributed by atoms with van der Waals surface area (Å²) >= 11 is 0. The number of halogens is 3. The molecule has 4 heterocycles. The lowest BCUT2D eigenvalue weighted by molar-refractivity contribution is -0.137. The zero-order chi connectivity index (χ0) is 24.5. The van der Waals surface area contributed by atoms with Gasteiger partial charge in [0.2, 0.25) is 11.9 Å². The first-order valence-corrected chi connectivity index (χ1v) is 11.3. The number of morpholine rings is 1. The molecule has 1 N–H and O–H groups in total. The zero-order valence-electron chi connectivity index (χ0n) is 19.5. The number of likely N-dealkylation sites (tertiary alicyclic amines) is 1. The predicted molar refractivity (Wildman–Crippen MR) is 121 cm³/mol. The van der Waals surface area contributed by atoms with E-state index in [9.17, 15) is 18.0 Å². The van der Waals surface area contributed by atoms with Gasteiger partial charge in [-0.2, -0.15) is 18.2 Å². The molecule has 0 aliphatic carbocycles. The van der Waals surface area contributed by atoms with Crippen molar-refractivity contribution in [1.29, 1.82) is 0 Å². The molecule has 2 aromatic rings. The number of nitrogens with one attached hydrogen (secondary N) is 1. The van der Waals surface area contributed by atoms with Gasteiger partial charge in [-0.25, -0.2) is 9.97 Å². The quantitative estimate of drug-likeness (QED) is 0.712. The number of hydrogen-bond donors (Lipinski definition) is 1. The molecule has 4 rings (SSSR count). The third-order valence-corrected chi connectivity index (χ3v) is 6.14. The van der Waals surface area contributed by atoms with Gasteiger partial charge in [0.25, 0.3) is 0 Å². The molecule has 2 aliphatic heterocycles. The number of ether oxygens (including phenoxy) is 1. The Bertz CT molecular complexity index is 1040. The molecule has 2 aromatic heterocycles. The van der Waals surface area contributed by atoms with Crippen LogP contribution in [0.4, 0.5) is 30.8 Å². The summed E-state index contributed by atoms with van der Waals surface area (Å²) in [6, 6.07) is 3.66. The van der Waals surface area contributed by atoms with Crippen molar-refractivity contribution in [2.24, 2.45) is 0 Å². The third-order valence-electron chi connectivity index (χ3n) is 6.14. The molecule has 0 bridgehead atoms. The van der Waals surface area contributed by atoms with Crippen LogP contribution < -0.4 is 10.2 Å². The molecule has 0 spiro atoms. The molecule has 1 amide bonds. The van der Waals surface area contributed by atoms with Gasteiger partial charge in [0.1, 0.15) is 11.6 Å². The van der Waals surface area contributed by atoms with Crippen molar-refractivity contribution in [3.05, 3.63) is 35.7 Å². The highest BCUT2D eigenvalue weighted by molar-refractivity contribution is 5.73. The van der Waals surface area contributed by atoms with Crippen LogP contribution in [0.2, 0.25) is 0 Å². The largest absolute Gasteiger partial charge is 0.416 e. The number of piperidine rings is 1. The van der Waals surface area contributed by atoms with E-state index in [1.54, 1.807) is 13.0 Å². The first-order chi connectivity index (χ1) is 16.0. The maximum absolute atomic E-state index is 13.2. The fraction of sp³-hybridized carbons (Fsp3) is 0.565. The predicted octanol–water partition coefficient (Wildman–Crippen LogP) is 3.98. The van der Waals surface area contributed by atoms with E-state index >= 15 is 0 Å². The van der Waals surface area contributed by atoms with E-state index in [1.165, 1.54) is 0 Å². The maximum Gasteiger partial charge on any atom is 0.416 e. The van der Waals surface area contributed by atoms with Crippen molar-refractivity contribution in [2.45, 2.75) is 51.3 Å². The first kappa shape index (κ1) is 24.2. The van der Waals surface area contributed by atoms with Crippen molar-refractivity contribution in [3.8, 4) is 0 Å². The Morgan fingerprint density at radius 1 is 1.15 bits per heavy atom. The van der Waals surface area contributed by atoms with Crippen LogP contribution in [0.25, 0.3) is 0 Å². The van der Waals surface area contributed by atoms with Gasteiger partial charge >= 0.3 is 6.18 Å². The van der Waals surface area contributed by atoms with Crippen LogP contribution in [-0.2, 0) is 15.7 Å². The molecule has 0 unspecified atom stereocenters. The number of nitrogens with zero attached hydrogens (tertiary/aromatic N) is 5. The number of carbonyl (C=O) groups is 1. The van der Waals surface area contributed by atoms with Gasteiger partial charge in [0.05, 0.1) is 23.5 Å². The summed E-state index contributed by atoms with van der Waals surface area (Å²) < 4.78 is 45.3. The van der Waals surface area contributed by atoms with Gasteiger partial charge < -0.3 is 19.9 Å². The van der Waals surface area contributed by atoms with E-state index < -0.39 is 11.7 Å². The van der Waals surface area contributed by atoms with Crippen molar-refractivity contribution in [3.63, 3.8) is 0 Å². The molecule has 2 aliphatic rings. The number of carbonyl (C=O) groups excluding carboxylic acids is 1. The van der Waals surface area contributed by atoms with Crippen molar-refractivity contribution < 1.29 is 22.7 Å². The Morgan fingerprint density at radius 2 is 1.88 bits per heavy atom. The minimum absolute atomic E-state index is 0.0513. The average Bonchev–Trinajstić information content (AvgIpc) is 2.78. The zero-order valence-corrected chi connectivity index (χ0v) is 19.5. The monoisotopic (exact) mass is 478 g/mol. The Balaban J connectivity index is 1.64. The number of rotatable bonds is 4. The average molecular weight is 479 g/mol. The van der Waals surface area contributed by atoms with Crippen molar-refractivity contribution >= 4 is 23.5 Å². The maximum atomic E-state index is 13.2. The molecule has 184 valence electrons. The van der Waals surface area contributed by atoms with E-state index in [2.05, 4.69) is 15.3 Å². The molecule has 2 fully saturated rings. The Morgan fingerprint density at radius 3 is 2.53 bits per heavy atom. The minimum Gasteiger partial charge on any atom is -0.372 e. The summed E-state index contributed by atoms with van der Waals surface area (Å²) in [7, 11) is 0. The number of pyridine rings is 1. The lowest BCUT2D eigenvalue weighted by atomic mass is 9.93. The van der Waals surface area contributed by atoms with Gasteiger partial charge in [0.15, 0.2) is 0 Å². The summed E-state index contributed by atoms with van der Waals surface area (Å²) in [5.74, 6) is 1.10. The van der Waals surface area contributed by atoms with Crippen LogP contribution in [0.1, 0.15) is 50.8 Å². The molecule has 11 heteroatoms. The summed E-state index contributed by atoms with van der Waals surface area (Å²) in [4.78, 5) is 29.0. The topological polar surface area (TPSA) is 83.5 Å². The van der Waals surface area contributed by atoms with Crippen LogP contribution in [0.5, 0.6) is 0 Å². The summed E-state index contributed by atoms with van der Waals surface area (Å²) in [6.45, 7) is 8.54. The van der Waals surface area contributed by atoms with Gasteiger partial charge in [-0.05, 0) is 38.8 Å². The van der Waals surface area contributed by atoms with E-state index in [-0.39, 0.29) is 23.2 Å². The van der Waals surface area contributed by atoms with Crippen LogP contribution >= 0.6 is 0 Å². The van der Waals surface area contributed by atoms with E-state index in [0.717, 1.165) is 36.9 Å². The van der Waals surface area contributed by atoms with E-state index in [1.807, 2.05) is 23.6 Å². The van der Waals surface area contributed by atoms with Gasteiger partial charge in [-0.15, -0.1) is 0 Å². The molecular formula is C23H29F3N6O2. The van der Waals surface area contributed by atoms with Crippen LogP contribution in [0.15, 0.2) is 24.4 Å². The highest BCUT2D eigenvalue weighted by Crippen LogP contribution is 2.33. The van der Waals surface area contributed by atoms with Crippen molar-refractivity contribution in [1.82, 2.24) is 19.9 Å². The molecule has 0 aromatic carbocycles. The molecule has 2 saturated heterocycles. The standard InChI is InChI=1S/C23H29F3N6O2/c1-15(33)31-8-5-16(6-9-31)18-13-20(29-19-12-17(4-7-27-19)23(24,25)26)30-21(28-18)32-10-11-34-22(2,3)14-32/h4,7,12-13,16H,5-6,8-11,14H2,1-3H3,(H,27,28,29,30). The van der Waals surface area contributed by atoms with Crippen LogP contribution in [0.3, 0.4) is 0 Å². The number of alkyl halides is 3. The number of anilines is 3. The second-order valence-corrected chi connectivity index (χ2v) is 9.34. The minimum atomic E-state index is -4.47. The first-order valence-electron chi connectivity index (χ1n) is 11.3. The fourth-order valence-corrected chi connectivity index (χ4v) is 4.35. The van der Waals surface area contributed by atoms with Crippen molar-refractivity contribution in [2.75, 3.05) is 43.0 Å². The second-order valence-electron chi connectivity index (χ2n) is 9.34. The smallest absolute Gasteiger partial charge is 0.372 e. The number of amides is 1. The molecule has 0 radical (unpaired) electrons. The van der Waals surface area contributed by atoms with Gasteiger partial charge in [-0.1, -0.05) is 0 Å². The lowest BCUT2D eigenvalue weighted by Crippen LogP contribution is -2.49. The molecule has 34 heavy (non-hydrogen) atoms. The van der Waals surface area contributed by atoms with Gasteiger partial charge in [-0.3, -0.25) is 4.79 Å². The van der Waals surface area contributed by atoms with E-state index in [4.69, 9.17) is 9.72 Å². The number of hydrogen-bond acceptors (Lipinski definition) is 7. The lowest BCUT2D eigenvalue weighted by Gasteiger charge is -2.38. The van der Waals surface area contributed by atoms with Crippen LogP contribution in [-0.4, -0.2) is 64.1 Å². The van der Waals surface area contributed by atoms with Crippen LogP contribution in [0, 0.1) is 0 Å². The van der Waals surface area contributed by atoms with E-state index in [0.29, 0.717) is 44.6 Å². The summed E-state index contributed by atoms with van der Waals surface area (Å²) in [6.07, 6.45) is -1.83. The Kier molecular flexibility index (Phi) is 6.66. The summed E-state index contributed by atoms with van der Waals surface area (Å²) in [5, 5.41) is 2.94. The SMILES string of the molecule is CC(=O)N1CCC(c2cc(Nc3cc(C(F)(F)F)ccn3)nc(N3CCOC(C)(C)C3)n2)CC1. The second kappa shape index (κ2) is 9.36. The van der Waals surface area contributed by atoms with Gasteiger partial charge in [0, 0.05) is 51.3 Å². The molecule has 8 nitrogen and oxygen atoms in total. The molecule has 0 saturated carbocycles. The number of aromatic nitrogens is 3. The molecule has 0 atom stereocenters. The summed E-state index contributed by atoms with van der Waals surface area (Å²) in [5.41, 5.74) is -0.362. The third kappa shape index (κ3) is 5.75. The Labute approximate surface area is 196 Å². The highest BCUT2D eigenvalue weighted by atomic mass is 19.4. The fourth-order valence-electron chi connectivity index (χ4n) is 4.35. The highest BCUT2D eigenvalue weighted by Gasteiger charge is 2.32.